The second kappa shape index (κ2) is 7.11. The van der Waals surface area contributed by atoms with Gasteiger partial charge in [-0.3, -0.25) is 4.40 Å². The Bertz CT molecular complexity index is 805. The van der Waals surface area contributed by atoms with E-state index in [4.69, 9.17) is 0 Å². The van der Waals surface area contributed by atoms with Gasteiger partial charge in [0.2, 0.25) is 0 Å². The summed E-state index contributed by atoms with van der Waals surface area (Å²) in [5.74, 6) is 1.74. The van der Waals surface area contributed by atoms with Crippen LogP contribution in [0.15, 0.2) is 34.6 Å². The lowest BCUT2D eigenvalue weighted by atomic mass is 10.3. The molecule has 0 saturated carbocycles. The summed E-state index contributed by atoms with van der Waals surface area (Å²) in [4.78, 5) is 16.7. The number of thiazole rings is 1. The average Bonchev–Trinajstić information content (AvgIpc) is 3.10. The van der Waals surface area contributed by atoms with Crippen LogP contribution >= 0.6 is 23.1 Å². The summed E-state index contributed by atoms with van der Waals surface area (Å²) >= 11 is 3.53. The molecule has 0 radical (unpaired) electrons. The Balaban J connectivity index is 1.53. The van der Waals surface area contributed by atoms with Gasteiger partial charge in [0.05, 0.1) is 17.2 Å². The van der Waals surface area contributed by atoms with Crippen LogP contribution in [0.25, 0.3) is 5.65 Å². The molecule has 0 fully saturated rings. The number of hydrogen-bond acceptors (Lipinski definition) is 5. The first-order valence-electron chi connectivity index (χ1n) is 7.33. The van der Waals surface area contributed by atoms with E-state index in [1.54, 1.807) is 33.7 Å². The van der Waals surface area contributed by atoms with E-state index in [1.807, 2.05) is 18.2 Å². The highest BCUT2D eigenvalue weighted by Gasteiger charge is 2.06. The van der Waals surface area contributed by atoms with Gasteiger partial charge in [-0.1, -0.05) is 13.0 Å². The number of nitrogens with zero attached hydrogens (tertiary/aromatic N) is 4. The Morgan fingerprint density at radius 1 is 1.36 bits per heavy atom. The third-order valence-electron chi connectivity index (χ3n) is 3.25. The molecule has 3 aromatic rings. The van der Waals surface area contributed by atoms with Gasteiger partial charge < -0.3 is 0 Å². The molecule has 0 aliphatic heterocycles. The fourth-order valence-electron chi connectivity index (χ4n) is 2.19. The standard InChI is InChI=1S/C15H18N4OS2/c1-2-5-14-16-12(11-22-14)10-21-9-8-19-15(20)18-7-4-3-6-13(18)17-19/h3-4,6-7,11H,2,5,8-10H2,1H3. The lowest BCUT2D eigenvalue weighted by molar-refractivity contribution is 0.639. The average molecular weight is 334 g/mol. The Labute approximate surface area is 137 Å². The summed E-state index contributed by atoms with van der Waals surface area (Å²) in [5.41, 5.74) is 1.76. The Morgan fingerprint density at radius 2 is 2.27 bits per heavy atom. The molecule has 0 aliphatic carbocycles. The minimum Gasteiger partial charge on any atom is -0.250 e. The van der Waals surface area contributed by atoms with Crippen molar-refractivity contribution < 1.29 is 0 Å². The molecule has 0 aromatic carbocycles. The van der Waals surface area contributed by atoms with Crippen LogP contribution in [0.4, 0.5) is 0 Å². The summed E-state index contributed by atoms with van der Waals surface area (Å²) in [6.07, 6.45) is 3.95. The summed E-state index contributed by atoms with van der Waals surface area (Å²) < 4.78 is 3.11. The number of aromatic nitrogens is 4. The second-order valence-corrected chi connectivity index (χ2v) is 7.02. The maximum absolute atomic E-state index is 12.1. The molecule has 0 bridgehead atoms. The van der Waals surface area contributed by atoms with Gasteiger partial charge >= 0.3 is 5.69 Å². The first-order valence-corrected chi connectivity index (χ1v) is 9.36. The van der Waals surface area contributed by atoms with Crippen molar-refractivity contribution in [2.75, 3.05) is 5.75 Å². The van der Waals surface area contributed by atoms with Crippen LogP contribution in [0.5, 0.6) is 0 Å². The monoisotopic (exact) mass is 334 g/mol. The van der Waals surface area contributed by atoms with Gasteiger partial charge in [0.15, 0.2) is 5.65 Å². The SMILES string of the molecule is CCCc1nc(CSCCn2nc3ccccn3c2=O)cs1. The Morgan fingerprint density at radius 3 is 3.09 bits per heavy atom. The highest BCUT2D eigenvalue weighted by molar-refractivity contribution is 7.98. The van der Waals surface area contributed by atoms with Crippen molar-refractivity contribution in [3.05, 3.63) is 51.0 Å². The van der Waals surface area contributed by atoms with E-state index < -0.39 is 0 Å². The summed E-state index contributed by atoms with van der Waals surface area (Å²) in [5, 5.41) is 7.68. The zero-order chi connectivity index (χ0) is 15.4. The minimum absolute atomic E-state index is 0.0740. The summed E-state index contributed by atoms with van der Waals surface area (Å²) in [7, 11) is 0. The number of rotatable bonds is 7. The smallest absolute Gasteiger partial charge is 0.250 e. The van der Waals surface area contributed by atoms with Gasteiger partial charge in [0, 0.05) is 23.1 Å². The number of thioether (sulfide) groups is 1. The summed E-state index contributed by atoms with van der Waals surface area (Å²) in [6, 6.07) is 5.57. The predicted octanol–water partition coefficient (Wildman–Crippen LogP) is 2.84. The highest BCUT2D eigenvalue weighted by atomic mass is 32.2. The van der Waals surface area contributed by atoms with Gasteiger partial charge in [-0.2, -0.15) is 11.8 Å². The molecule has 0 unspecified atom stereocenters. The molecular weight excluding hydrogens is 316 g/mol. The van der Waals surface area contributed by atoms with E-state index in [9.17, 15) is 4.79 Å². The molecule has 5 nitrogen and oxygen atoms in total. The van der Waals surface area contributed by atoms with Crippen LogP contribution in [0.2, 0.25) is 0 Å². The van der Waals surface area contributed by atoms with Crippen LogP contribution in [0, 0.1) is 0 Å². The van der Waals surface area contributed by atoms with Crippen molar-refractivity contribution >= 4 is 28.7 Å². The largest absolute Gasteiger partial charge is 0.350 e. The predicted molar refractivity (Wildman–Crippen MR) is 91.7 cm³/mol. The fourth-order valence-corrected chi connectivity index (χ4v) is 3.99. The Kier molecular flexibility index (Phi) is 4.94. The molecule has 22 heavy (non-hydrogen) atoms. The van der Waals surface area contributed by atoms with E-state index in [1.165, 1.54) is 9.69 Å². The van der Waals surface area contributed by atoms with Gasteiger partial charge in [-0.05, 0) is 25.0 Å². The van der Waals surface area contributed by atoms with Crippen LogP contribution < -0.4 is 5.69 Å². The van der Waals surface area contributed by atoms with Gasteiger partial charge in [-0.25, -0.2) is 14.5 Å². The first-order chi connectivity index (χ1) is 10.8. The van der Waals surface area contributed by atoms with Crippen molar-refractivity contribution in [2.45, 2.75) is 32.1 Å². The number of hydrogen-bond donors (Lipinski definition) is 0. The number of pyridine rings is 1. The summed E-state index contributed by atoms with van der Waals surface area (Å²) in [6.45, 7) is 2.79. The molecule has 3 aromatic heterocycles. The van der Waals surface area contributed by atoms with Crippen LogP contribution in [0.3, 0.4) is 0 Å². The molecule has 0 aliphatic rings. The van der Waals surface area contributed by atoms with Gasteiger partial charge in [0.25, 0.3) is 0 Å². The molecule has 3 rings (SSSR count). The molecule has 0 amide bonds. The first kappa shape index (κ1) is 15.3. The lowest BCUT2D eigenvalue weighted by Crippen LogP contribution is -2.22. The van der Waals surface area contributed by atoms with Crippen LogP contribution in [-0.4, -0.2) is 24.9 Å². The van der Waals surface area contributed by atoms with Gasteiger partial charge in [-0.15, -0.1) is 16.4 Å². The zero-order valence-corrected chi connectivity index (χ0v) is 14.1. The van der Waals surface area contributed by atoms with E-state index in [0.717, 1.165) is 30.0 Å². The van der Waals surface area contributed by atoms with E-state index >= 15 is 0 Å². The molecule has 116 valence electrons. The molecule has 3 heterocycles. The van der Waals surface area contributed by atoms with E-state index in [-0.39, 0.29) is 5.69 Å². The fraction of sp³-hybridized carbons (Fsp3) is 0.400. The van der Waals surface area contributed by atoms with Crippen molar-refractivity contribution in [2.24, 2.45) is 0 Å². The zero-order valence-electron chi connectivity index (χ0n) is 12.4. The second-order valence-electron chi connectivity index (χ2n) is 4.97. The van der Waals surface area contributed by atoms with Crippen molar-refractivity contribution in [3.8, 4) is 0 Å². The number of fused-ring (bicyclic) bond motifs is 1. The molecule has 7 heteroatoms. The lowest BCUT2D eigenvalue weighted by Gasteiger charge is -1.99. The van der Waals surface area contributed by atoms with Crippen LogP contribution in [-0.2, 0) is 18.7 Å². The molecular formula is C15H18N4OS2. The quantitative estimate of drug-likeness (QED) is 0.624. The topological polar surface area (TPSA) is 52.2 Å². The van der Waals surface area contributed by atoms with Crippen LogP contribution in [0.1, 0.15) is 24.0 Å². The van der Waals surface area contributed by atoms with Gasteiger partial charge in [0.1, 0.15) is 0 Å². The van der Waals surface area contributed by atoms with E-state index in [2.05, 4.69) is 22.4 Å². The van der Waals surface area contributed by atoms with Crippen molar-refractivity contribution in [3.63, 3.8) is 0 Å². The Hall–Kier alpha value is -1.60. The molecule has 0 atom stereocenters. The highest BCUT2D eigenvalue weighted by Crippen LogP contribution is 2.17. The minimum atomic E-state index is -0.0740. The maximum Gasteiger partial charge on any atom is 0.350 e. The number of aryl methyl sites for hydroxylation is 2. The third kappa shape index (κ3) is 3.41. The third-order valence-corrected chi connectivity index (χ3v) is 5.18. The maximum atomic E-state index is 12.1. The van der Waals surface area contributed by atoms with Crippen molar-refractivity contribution in [1.82, 2.24) is 19.2 Å². The molecule has 0 saturated heterocycles. The normalized spacial score (nSPS) is 11.3. The van der Waals surface area contributed by atoms with E-state index in [0.29, 0.717) is 12.2 Å². The molecule has 0 N–H and O–H groups in total. The molecule has 0 spiro atoms. The van der Waals surface area contributed by atoms with Crippen molar-refractivity contribution in [1.29, 1.82) is 0 Å².